The normalized spacial score (nSPS) is 18.4. The third-order valence-corrected chi connectivity index (χ3v) is 4.51. The van der Waals surface area contributed by atoms with Crippen LogP contribution in [0.2, 0.25) is 0 Å². The van der Waals surface area contributed by atoms with E-state index in [4.69, 9.17) is 5.73 Å². The van der Waals surface area contributed by atoms with Crippen LogP contribution in [0.1, 0.15) is 36.4 Å². The SMILES string of the molecule is NC(c1cccc(F)c1F)C1(c2ccccc2)CCC1. The van der Waals surface area contributed by atoms with Crippen LogP contribution in [0.4, 0.5) is 8.78 Å². The van der Waals surface area contributed by atoms with Crippen molar-refractivity contribution in [3.8, 4) is 0 Å². The number of nitrogens with two attached hydrogens (primary N) is 1. The topological polar surface area (TPSA) is 26.0 Å². The molecule has 1 saturated carbocycles. The van der Waals surface area contributed by atoms with Crippen LogP contribution in [0.3, 0.4) is 0 Å². The van der Waals surface area contributed by atoms with Crippen molar-refractivity contribution in [2.24, 2.45) is 5.73 Å². The minimum atomic E-state index is -0.833. The Hall–Kier alpha value is -1.74. The van der Waals surface area contributed by atoms with Gasteiger partial charge < -0.3 is 5.73 Å². The summed E-state index contributed by atoms with van der Waals surface area (Å²) >= 11 is 0. The number of hydrogen-bond donors (Lipinski definition) is 1. The molecule has 2 aromatic rings. The van der Waals surface area contributed by atoms with Crippen LogP contribution in [-0.4, -0.2) is 0 Å². The Labute approximate surface area is 117 Å². The number of benzene rings is 2. The Kier molecular flexibility index (Phi) is 3.30. The largest absolute Gasteiger partial charge is 0.323 e. The number of halogens is 2. The zero-order valence-electron chi connectivity index (χ0n) is 11.2. The molecule has 0 aromatic heterocycles. The van der Waals surface area contributed by atoms with Crippen LogP contribution in [-0.2, 0) is 5.41 Å². The van der Waals surface area contributed by atoms with Gasteiger partial charge in [-0.2, -0.15) is 0 Å². The predicted molar refractivity (Wildman–Crippen MR) is 75.3 cm³/mol. The molecule has 20 heavy (non-hydrogen) atoms. The molecule has 1 nitrogen and oxygen atoms in total. The van der Waals surface area contributed by atoms with Crippen LogP contribution < -0.4 is 5.73 Å². The first-order valence-electron chi connectivity index (χ1n) is 6.90. The van der Waals surface area contributed by atoms with E-state index in [1.54, 1.807) is 6.07 Å². The number of rotatable bonds is 3. The van der Waals surface area contributed by atoms with E-state index in [-0.39, 0.29) is 11.0 Å². The molecular formula is C17H17F2N. The molecule has 0 radical (unpaired) electrons. The molecular weight excluding hydrogens is 256 g/mol. The fourth-order valence-electron chi connectivity index (χ4n) is 3.17. The summed E-state index contributed by atoms with van der Waals surface area (Å²) < 4.78 is 27.4. The van der Waals surface area contributed by atoms with E-state index in [2.05, 4.69) is 0 Å². The van der Waals surface area contributed by atoms with Crippen molar-refractivity contribution in [2.45, 2.75) is 30.7 Å². The van der Waals surface area contributed by atoms with Crippen molar-refractivity contribution in [1.82, 2.24) is 0 Å². The molecule has 2 aromatic carbocycles. The molecule has 104 valence electrons. The minimum absolute atomic E-state index is 0.268. The van der Waals surface area contributed by atoms with E-state index >= 15 is 0 Å². The van der Waals surface area contributed by atoms with Crippen LogP contribution in [0.15, 0.2) is 48.5 Å². The van der Waals surface area contributed by atoms with E-state index in [0.717, 1.165) is 30.9 Å². The molecule has 1 unspecified atom stereocenters. The molecule has 3 rings (SSSR count). The molecule has 3 heteroatoms. The minimum Gasteiger partial charge on any atom is -0.323 e. The van der Waals surface area contributed by atoms with Gasteiger partial charge in [0.1, 0.15) is 0 Å². The Morgan fingerprint density at radius 1 is 0.950 bits per heavy atom. The third-order valence-electron chi connectivity index (χ3n) is 4.51. The van der Waals surface area contributed by atoms with Gasteiger partial charge in [-0.15, -0.1) is 0 Å². The van der Waals surface area contributed by atoms with Crippen molar-refractivity contribution in [3.05, 3.63) is 71.3 Å². The first kappa shape index (κ1) is 13.3. The maximum Gasteiger partial charge on any atom is 0.163 e. The molecule has 0 amide bonds. The predicted octanol–water partition coefficient (Wildman–Crippen LogP) is 4.09. The Morgan fingerprint density at radius 2 is 1.65 bits per heavy atom. The highest BCUT2D eigenvalue weighted by Crippen LogP contribution is 2.51. The molecule has 0 bridgehead atoms. The van der Waals surface area contributed by atoms with Gasteiger partial charge in [-0.25, -0.2) is 8.78 Å². The number of hydrogen-bond acceptors (Lipinski definition) is 1. The fraction of sp³-hybridized carbons (Fsp3) is 0.294. The summed E-state index contributed by atoms with van der Waals surface area (Å²) in [5, 5.41) is 0. The average Bonchev–Trinajstić information content (AvgIpc) is 2.42. The summed E-state index contributed by atoms with van der Waals surface area (Å²) in [6.07, 6.45) is 2.89. The Balaban J connectivity index is 2.04. The summed E-state index contributed by atoms with van der Waals surface area (Å²) in [7, 11) is 0. The van der Waals surface area contributed by atoms with Crippen LogP contribution in [0.5, 0.6) is 0 Å². The molecule has 1 aliphatic carbocycles. The summed E-state index contributed by atoms with van der Waals surface area (Å²) in [5.41, 5.74) is 7.45. The van der Waals surface area contributed by atoms with Crippen molar-refractivity contribution in [1.29, 1.82) is 0 Å². The maximum atomic E-state index is 14.0. The summed E-state index contributed by atoms with van der Waals surface area (Å²) in [6, 6.07) is 13.6. The van der Waals surface area contributed by atoms with E-state index < -0.39 is 17.7 Å². The highest BCUT2D eigenvalue weighted by atomic mass is 19.2. The summed E-state index contributed by atoms with van der Waals surface area (Å²) in [6.45, 7) is 0. The zero-order valence-corrected chi connectivity index (χ0v) is 11.2. The molecule has 1 atom stereocenters. The van der Waals surface area contributed by atoms with Crippen molar-refractivity contribution in [3.63, 3.8) is 0 Å². The Morgan fingerprint density at radius 3 is 2.25 bits per heavy atom. The van der Waals surface area contributed by atoms with Crippen molar-refractivity contribution in [2.75, 3.05) is 0 Å². The van der Waals surface area contributed by atoms with E-state index in [0.29, 0.717) is 0 Å². The molecule has 0 saturated heterocycles. The Bertz CT molecular complexity index is 606. The second-order valence-electron chi connectivity index (χ2n) is 5.50. The van der Waals surface area contributed by atoms with Gasteiger partial charge in [-0.1, -0.05) is 48.9 Å². The lowest BCUT2D eigenvalue weighted by atomic mass is 9.59. The van der Waals surface area contributed by atoms with Gasteiger partial charge in [0.2, 0.25) is 0 Å². The molecule has 0 aliphatic heterocycles. The summed E-state index contributed by atoms with van der Waals surface area (Å²) in [4.78, 5) is 0. The quantitative estimate of drug-likeness (QED) is 0.895. The molecule has 1 fully saturated rings. The standard InChI is InChI=1S/C17H17F2N/c18-14-9-4-8-13(15(14)19)16(20)17(10-5-11-17)12-6-2-1-3-7-12/h1-4,6-9,16H,5,10-11,20H2. The lowest BCUT2D eigenvalue weighted by molar-refractivity contribution is 0.193. The summed E-state index contributed by atoms with van der Waals surface area (Å²) in [5.74, 6) is -1.65. The van der Waals surface area contributed by atoms with Gasteiger partial charge in [0.15, 0.2) is 11.6 Å². The smallest absolute Gasteiger partial charge is 0.163 e. The van der Waals surface area contributed by atoms with E-state index in [1.165, 1.54) is 6.07 Å². The second kappa shape index (κ2) is 4.98. The molecule has 2 N–H and O–H groups in total. The van der Waals surface area contributed by atoms with Crippen LogP contribution in [0.25, 0.3) is 0 Å². The van der Waals surface area contributed by atoms with Crippen molar-refractivity contribution < 1.29 is 8.78 Å². The van der Waals surface area contributed by atoms with Crippen LogP contribution in [0, 0.1) is 11.6 Å². The third kappa shape index (κ3) is 1.93. The van der Waals surface area contributed by atoms with Gasteiger partial charge >= 0.3 is 0 Å². The van der Waals surface area contributed by atoms with Gasteiger partial charge in [-0.05, 0) is 24.5 Å². The zero-order chi connectivity index (χ0) is 14.2. The highest BCUT2D eigenvalue weighted by Gasteiger charge is 2.45. The van der Waals surface area contributed by atoms with Gasteiger partial charge in [0.25, 0.3) is 0 Å². The second-order valence-corrected chi connectivity index (χ2v) is 5.50. The van der Waals surface area contributed by atoms with E-state index in [1.807, 2.05) is 30.3 Å². The maximum absolute atomic E-state index is 14.0. The van der Waals surface area contributed by atoms with E-state index in [9.17, 15) is 8.78 Å². The first-order chi connectivity index (χ1) is 9.65. The van der Waals surface area contributed by atoms with Gasteiger partial charge in [0, 0.05) is 17.0 Å². The van der Waals surface area contributed by atoms with Crippen molar-refractivity contribution >= 4 is 0 Å². The lowest BCUT2D eigenvalue weighted by Gasteiger charge is -2.47. The first-order valence-corrected chi connectivity index (χ1v) is 6.90. The monoisotopic (exact) mass is 273 g/mol. The van der Waals surface area contributed by atoms with Crippen LogP contribution >= 0.6 is 0 Å². The molecule has 0 spiro atoms. The molecule has 0 heterocycles. The average molecular weight is 273 g/mol. The lowest BCUT2D eigenvalue weighted by Crippen LogP contribution is -2.44. The molecule has 1 aliphatic rings. The van der Waals surface area contributed by atoms with Gasteiger partial charge in [-0.3, -0.25) is 0 Å². The fourth-order valence-corrected chi connectivity index (χ4v) is 3.17. The highest BCUT2D eigenvalue weighted by molar-refractivity contribution is 5.36. The van der Waals surface area contributed by atoms with Gasteiger partial charge in [0.05, 0.1) is 0 Å².